The number of rotatable bonds is 3. The Balaban J connectivity index is 3.01. The smallest absolute Gasteiger partial charge is 0.314 e. The highest BCUT2D eigenvalue weighted by atomic mass is 19.4. The van der Waals surface area contributed by atoms with Gasteiger partial charge in [-0.1, -0.05) is 30.4 Å². The van der Waals surface area contributed by atoms with E-state index in [-0.39, 0.29) is 11.6 Å². The van der Waals surface area contributed by atoms with Gasteiger partial charge < -0.3 is 5.32 Å². The molecule has 0 saturated carbocycles. The maximum absolute atomic E-state index is 12.6. The Morgan fingerprint density at radius 1 is 1.25 bits per heavy atom. The molecule has 1 nitrogen and oxygen atoms in total. The largest absolute Gasteiger partial charge is 0.416 e. The van der Waals surface area contributed by atoms with Gasteiger partial charge in [-0.15, -0.1) is 0 Å². The first-order chi connectivity index (χ1) is 7.45. The molecule has 1 aromatic rings. The van der Waals surface area contributed by atoms with Crippen molar-refractivity contribution in [3.63, 3.8) is 0 Å². The minimum absolute atomic E-state index is 0.0429. The van der Waals surface area contributed by atoms with Crippen LogP contribution in [0, 0.1) is 0 Å². The summed E-state index contributed by atoms with van der Waals surface area (Å²) in [5.41, 5.74) is -0.411. The molecule has 1 rings (SSSR count). The van der Waals surface area contributed by atoms with Gasteiger partial charge in [0.1, 0.15) is 0 Å². The Morgan fingerprint density at radius 2 is 1.88 bits per heavy atom. The highest BCUT2D eigenvalue weighted by Gasteiger charge is 2.32. The molecule has 0 aliphatic heterocycles. The summed E-state index contributed by atoms with van der Waals surface area (Å²) in [6, 6.07) is 5.58. The molecule has 0 saturated heterocycles. The molecule has 0 radical (unpaired) electrons. The van der Waals surface area contributed by atoms with Crippen molar-refractivity contribution in [2.24, 2.45) is 0 Å². The number of halogens is 3. The topological polar surface area (TPSA) is 12.0 Å². The van der Waals surface area contributed by atoms with Gasteiger partial charge in [-0.2, -0.15) is 13.2 Å². The Bertz CT molecular complexity index is 369. The fourth-order valence-corrected chi connectivity index (χ4v) is 1.24. The molecule has 0 aliphatic carbocycles. The second-order valence-corrected chi connectivity index (χ2v) is 3.52. The van der Waals surface area contributed by atoms with E-state index in [1.807, 2.05) is 6.92 Å². The van der Waals surface area contributed by atoms with Crippen LogP contribution in [0.25, 0.3) is 6.08 Å². The average Bonchev–Trinajstić information content (AvgIpc) is 2.25. The molecule has 0 amide bonds. The summed E-state index contributed by atoms with van der Waals surface area (Å²) < 4.78 is 37.8. The lowest BCUT2D eigenvalue weighted by atomic mass is 10.1. The van der Waals surface area contributed by atoms with Crippen LogP contribution in [0.4, 0.5) is 13.2 Å². The van der Waals surface area contributed by atoms with Crippen molar-refractivity contribution in [1.29, 1.82) is 0 Å². The number of hydrogen-bond donors (Lipinski definition) is 1. The molecule has 0 aromatic heterocycles. The Morgan fingerprint density at radius 3 is 2.44 bits per heavy atom. The van der Waals surface area contributed by atoms with Crippen LogP contribution in [0.15, 0.2) is 30.3 Å². The second kappa shape index (κ2) is 5.16. The Hall–Kier alpha value is -1.29. The molecule has 88 valence electrons. The van der Waals surface area contributed by atoms with Crippen LogP contribution in [0.1, 0.15) is 18.1 Å². The van der Waals surface area contributed by atoms with Crippen molar-refractivity contribution in [1.82, 2.24) is 5.32 Å². The van der Waals surface area contributed by atoms with E-state index in [2.05, 4.69) is 5.32 Å². The number of hydrogen-bond acceptors (Lipinski definition) is 1. The molecule has 1 atom stereocenters. The van der Waals surface area contributed by atoms with E-state index >= 15 is 0 Å². The summed E-state index contributed by atoms with van der Waals surface area (Å²) in [5, 5.41) is 2.93. The zero-order valence-electron chi connectivity index (χ0n) is 9.18. The summed E-state index contributed by atoms with van der Waals surface area (Å²) in [6.45, 7) is 1.87. The maximum atomic E-state index is 12.6. The van der Waals surface area contributed by atoms with E-state index in [4.69, 9.17) is 0 Å². The van der Waals surface area contributed by atoms with Crippen molar-refractivity contribution < 1.29 is 13.2 Å². The molecule has 0 bridgehead atoms. The molecule has 0 spiro atoms. The first kappa shape index (κ1) is 12.8. The van der Waals surface area contributed by atoms with Gasteiger partial charge in [0.05, 0.1) is 5.56 Å². The number of alkyl halides is 3. The predicted molar refractivity (Wildman–Crippen MR) is 59.0 cm³/mol. The fraction of sp³-hybridized carbons (Fsp3) is 0.333. The summed E-state index contributed by atoms with van der Waals surface area (Å²) >= 11 is 0. The third kappa shape index (κ3) is 3.38. The SMILES string of the molecule is CNC(C)/C=C/c1ccccc1C(F)(F)F. The van der Waals surface area contributed by atoms with Crippen LogP contribution in [-0.4, -0.2) is 13.1 Å². The van der Waals surface area contributed by atoms with E-state index in [0.717, 1.165) is 6.07 Å². The van der Waals surface area contributed by atoms with E-state index in [1.165, 1.54) is 18.2 Å². The molecule has 0 heterocycles. The van der Waals surface area contributed by atoms with Gasteiger partial charge in [-0.3, -0.25) is 0 Å². The van der Waals surface area contributed by atoms with Crippen LogP contribution >= 0.6 is 0 Å². The standard InChI is InChI=1S/C12H14F3N/c1-9(16-2)7-8-10-5-3-4-6-11(10)12(13,14)15/h3-9,16H,1-2H3/b8-7+. The monoisotopic (exact) mass is 229 g/mol. The van der Waals surface area contributed by atoms with Gasteiger partial charge in [0.25, 0.3) is 0 Å². The van der Waals surface area contributed by atoms with Crippen LogP contribution in [-0.2, 0) is 6.18 Å². The quantitative estimate of drug-likeness (QED) is 0.838. The van der Waals surface area contributed by atoms with E-state index in [0.29, 0.717) is 0 Å². The van der Waals surface area contributed by atoms with E-state index in [1.54, 1.807) is 19.2 Å². The van der Waals surface area contributed by atoms with E-state index < -0.39 is 11.7 Å². The molecule has 1 unspecified atom stereocenters. The van der Waals surface area contributed by atoms with Crippen molar-refractivity contribution in [2.75, 3.05) is 7.05 Å². The maximum Gasteiger partial charge on any atom is 0.416 e. The van der Waals surface area contributed by atoms with Crippen molar-refractivity contribution in [2.45, 2.75) is 19.1 Å². The molecule has 16 heavy (non-hydrogen) atoms. The fourth-order valence-electron chi connectivity index (χ4n) is 1.24. The van der Waals surface area contributed by atoms with Crippen LogP contribution in [0.2, 0.25) is 0 Å². The summed E-state index contributed by atoms with van der Waals surface area (Å²) in [4.78, 5) is 0. The third-order valence-corrected chi connectivity index (χ3v) is 2.29. The Kier molecular flexibility index (Phi) is 4.12. The first-order valence-corrected chi connectivity index (χ1v) is 4.97. The molecule has 0 aliphatic rings. The third-order valence-electron chi connectivity index (χ3n) is 2.29. The zero-order valence-corrected chi connectivity index (χ0v) is 9.18. The highest BCUT2D eigenvalue weighted by Crippen LogP contribution is 2.32. The lowest BCUT2D eigenvalue weighted by Crippen LogP contribution is -2.17. The molecule has 4 heteroatoms. The molecule has 0 fully saturated rings. The highest BCUT2D eigenvalue weighted by molar-refractivity contribution is 5.55. The van der Waals surface area contributed by atoms with E-state index in [9.17, 15) is 13.2 Å². The van der Waals surface area contributed by atoms with Gasteiger partial charge in [0.2, 0.25) is 0 Å². The predicted octanol–water partition coefficient (Wildman–Crippen LogP) is 3.33. The molecular weight excluding hydrogens is 215 g/mol. The van der Waals surface area contributed by atoms with Gasteiger partial charge in [-0.05, 0) is 25.6 Å². The average molecular weight is 229 g/mol. The molecule has 1 N–H and O–H groups in total. The van der Waals surface area contributed by atoms with Gasteiger partial charge in [0.15, 0.2) is 0 Å². The minimum Gasteiger partial charge on any atom is -0.314 e. The van der Waals surface area contributed by atoms with Crippen molar-refractivity contribution in [3.05, 3.63) is 41.5 Å². The Labute approximate surface area is 93.0 Å². The van der Waals surface area contributed by atoms with Crippen LogP contribution in [0.5, 0.6) is 0 Å². The van der Waals surface area contributed by atoms with Crippen molar-refractivity contribution in [3.8, 4) is 0 Å². The summed E-state index contributed by atoms with van der Waals surface area (Å²) in [6.07, 6.45) is -1.11. The summed E-state index contributed by atoms with van der Waals surface area (Å²) in [7, 11) is 1.75. The molecule has 1 aromatic carbocycles. The summed E-state index contributed by atoms with van der Waals surface area (Å²) in [5.74, 6) is 0. The first-order valence-electron chi connectivity index (χ1n) is 4.97. The lowest BCUT2D eigenvalue weighted by Gasteiger charge is -2.10. The second-order valence-electron chi connectivity index (χ2n) is 3.52. The molecular formula is C12H14F3N. The lowest BCUT2D eigenvalue weighted by molar-refractivity contribution is -0.137. The van der Waals surface area contributed by atoms with Gasteiger partial charge in [-0.25, -0.2) is 0 Å². The van der Waals surface area contributed by atoms with Gasteiger partial charge >= 0.3 is 6.18 Å². The van der Waals surface area contributed by atoms with Crippen molar-refractivity contribution >= 4 is 6.08 Å². The van der Waals surface area contributed by atoms with Gasteiger partial charge in [0, 0.05) is 6.04 Å². The van der Waals surface area contributed by atoms with Crippen LogP contribution in [0.3, 0.4) is 0 Å². The number of benzene rings is 1. The minimum atomic E-state index is -4.30. The van der Waals surface area contributed by atoms with Crippen LogP contribution < -0.4 is 5.32 Å². The number of nitrogens with one attached hydrogen (secondary N) is 1. The normalized spacial score (nSPS) is 14.3. The number of likely N-dealkylation sites (N-methyl/N-ethyl adjacent to an activating group) is 1. The zero-order chi connectivity index (χ0) is 12.2.